The lowest BCUT2D eigenvalue weighted by atomic mass is 10.1. The summed E-state index contributed by atoms with van der Waals surface area (Å²) in [5.74, 6) is -1.11. The van der Waals surface area contributed by atoms with Crippen LogP contribution in [0.5, 0.6) is 0 Å². The number of carbonyl (C=O) groups is 3. The van der Waals surface area contributed by atoms with Gasteiger partial charge in [-0.25, -0.2) is 0 Å². The Morgan fingerprint density at radius 3 is 1.11 bits per heavy atom. The van der Waals surface area contributed by atoms with E-state index in [1.165, 1.54) is 51.4 Å². The van der Waals surface area contributed by atoms with Gasteiger partial charge in [0.05, 0.1) is 0 Å². The van der Waals surface area contributed by atoms with Gasteiger partial charge in [0, 0.05) is 19.3 Å². The van der Waals surface area contributed by atoms with Crippen molar-refractivity contribution in [1.82, 2.24) is 0 Å². The van der Waals surface area contributed by atoms with Gasteiger partial charge in [0.1, 0.15) is 13.2 Å². The molecule has 0 aromatic rings. The molecule has 0 radical (unpaired) electrons. The maximum atomic E-state index is 12.8. The summed E-state index contributed by atoms with van der Waals surface area (Å²) in [5.41, 5.74) is 0. The molecule has 6 heteroatoms. The molecule has 0 N–H and O–H groups in total. The van der Waals surface area contributed by atoms with Crippen molar-refractivity contribution in [1.29, 1.82) is 0 Å². The van der Waals surface area contributed by atoms with E-state index in [1.807, 2.05) is 36.5 Å². The summed E-state index contributed by atoms with van der Waals surface area (Å²) in [6.45, 7) is 6.28. The van der Waals surface area contributed by atoms with Gasteiger partial charge < -0.3 is 14.2 Å². The molecular formula is C59H90O6. The van der Waals surface area contributed by atoms with Gasteiger partial charge in [-0.2, -0.15) is 0 Å². The Labute approximate surface area is 397 Å². The summed E-state index contributed by atoms with van der Waals surface area (Å²) in [6, 6.07) is 0. The highest BCUT2D eigenvalue weighted by Crippen LogP contribution is 2.10. The topological polar surface area (TPSA) is 78.9 Å². The van der Waals surface area contributed by atoms with E-state index >= 15 is 0 Å². The van der Waals surface area contributed by atoms with E-state index in [4.69, 9.17) is 14.2 Å². The summed E-state index contributed by atoms with van der Waals surface area (Å²) in [6.07, 6.45) is 74.1. The Hall–Kier alpha value is -4.71. The predicted molar refractivity (Wildman–Crippen MR) is 279 cm³/mol. The standard InChI is InChI=1S/C59H90O6/c1-4-7-10-13-16-19-22-25-27-29-31-34-37-40-43-46-49-52-58(61)64-55-56(54-63-57(60)51-48-45-42-39-36-33-24-21-18-15-12-9-6-3)65-59(62)53-50-47-44-41-38-35-32-30-28-26-23-20-17-14-11-8-5-2/h9,12,15-21,24-28,31-36,40-41,43-44,56H,4-8,10-11,13-14,22-23,29-30,37-39,42,45-55H2,1-3H3/b12-9-,18-15-,19-16-,20-17-,24-21-,27-25-,28-26-,34-31-,35-32-,36-33-,43-40-,44-41-. The van der Waals surface area contributed by atoms with E-state index in [0.717, 1.165) is 77.0 Å². The van der Waals surface area contributed by atoms with Gasteiger partial charge >= 0.3 is 17.9 Å². The molecule has 0 fully saturated rings. The third kappa shape index (κ3) is 50.2. The average molecular weight is 895 g/mol. The lowest BCUT2D eigenvalue weighted by Crippen LogP contribution is -2.30. The number of hydrogen-bond acceptors (Lipinski definition) is 6. The number of hydrogen-bond donors (Lipinski definition) is 0. The molecule has 6 nitrogen and oxygen atoms in total. The molecule has 0 amide bonds. The van der Waals surface area contributed by atoms with Crippen molar-refractivity contribution in [3.05, 3.63) is 146 Å². The molecule has 0 aliphatic carbocycles. The molecule has 0 heterocycles. The fourth-order valence-electron chi connectivity index (χ4n) is 6.08. The summed E-state index contributed by atoms with van der Waals surface area (Å²) in [5, 5.41) is 0. The SMILES string of the molecule is CC\C=C/C=C\C=C/C=C\CCCCCC(=O)OCC(COC(=O)CCC/C=C\C/C=C\C/C=C\C/C=C\CCCCC)OC(=O)CCC/C=C\C/C=C\C/C=C\C/C=C\CCCCC. The normalized spacial score (nSPS) is 13.3. The molecule has 362 valence electrons. The van der Waals surface area contributed by atoms with E-state index in [2.05, 4.69) is 130 Å². The van der Waals surface area contributed by atoms with Crippen molar-refractivity contribution >= 4 is 17.9 Å². The molecule has 0 bridgehead atoms. The fourth-order valence-corrected chi connectivity index (χ4v) is 6.08. The zero-order chi connectivity index (χ0) is 47.2. The molecule has 0 spiro atoms. The van der Waals surface area contributed by atoms with Crippen molar-refractivity contribution in [3.8, 4) is 0 Å². The Balaban J connectivity index is 4.66. The summed E-state index contributed by atoms with van der Waals surface area (Å²) < 4.78 is 16.6. The van der Waals surface area contributed by atoms with E-state index in [-0.39, 0.29) is 44.4 Å². The van der Waals surface area contributed by atoms with E-state index in [9.17, 15) is 14.4 Å². The molecular weight excluding hydrogens is 805 g/mol. The van der Waals surface area contributed by atoms with Gasteiger partial charge in [0.25, 0.3) is 0 Å². The van der Waals surface area contributed by atoms with Crippen LogP contribution >= 0.6 is 0 Å². The Bertz CT molecular complexity index is 1490. The second kappa shape index (κ2) is 51.9. The van der Waals surface area contributed by atoms with Crippen LogP contribution in [0.15, 0.2) is 146 Å². The first-order valence-electron chi connectivity index (χ1n) is 25.4. The number of unbranched alkanes of at least 4 members (excludes halogenated alkanes) is 11. The van der Waals surface area contributed by atoms with Crippen molar-refractivity contribution in [3.63, 3.8) is 0 Å². The third-order valence-electron chi connectivity index (χ3n) is 9.89. The number of carbonyl (C=O) groups excluding carboxylic acids is 3. The van der Waals surface area contributed by atoms with Gasteiger partial charge in [0.15, 0.2) is 6.10 Å². The van der Waals surface area contributed by atoms with E-state index in [0.29, 0.717) is 19.3 Å². The highest BCUT2D eigenvalue weighted by molar-refractivity contribution is 5.71. The van der Waals surface area contributed by atoms with Crippen molar-refractivity contribution in [2.75, 3.05) is 13.2 Å². The smallest absolute Gasteiger partial charge is 0.306 e. The molecule has 0 saturated heterocycles. The first-order valence-corrected chi connectivity index (χ1v) is 25.4. The van der Waals surface area contributed by atoms with E-state index in [1.54, 1.807) is 0 Å². The fraction of sp³-hybridized carbons (Fsp3) is 0.542. The van der Waals surface area contributed by atoms with Crippen LogP contribution < -0.4 is 0 Å². The minimum atomic E-state index is -0.851. The van der Waals surface area contributed by atoms with Crippen LogP contribution in [0.2, 0.25) is 0 Å². The zero-order valence-electron chi connectivity index (χ0n) is 41.2. The molecule has 0 saturated carbocycles. The van der Waals surface area contributed by atoms with E-state index < -0.39 is 12.1 Å². The van der Waals surface area contributed by atoms with Gasteiger partial charge in [-0.1, -0.05) is 199 Å². The van der Waals surface area contributed by atoms with Crippen LogP contribution in [-0.2, 0) is 28.6 Å². The second-order valence-electron chi connectivity index (χ2n) is 16.1. The predicted octanol–water partition coefficient (Wildman–Crippen LogP) is 16.9. The number of rotatable bonds is 43. The van der Waals surface area contributed by atoms with Gasteiger partial charge in [-0.3, -0.25) is 14.4 Å². The Morgan fingerprint density at radius 2 is 0.677 bits per heavy atom. The highest BCUT2D eigenvalue weighted by Gasteiger charge is 2.19. The van der Waals surface area contributed by atoms with Gasteiger partial charge in [-0.15, -0.1) is 0 Å². The minimum Gasteiger partial charge on any atom is -0.462 e. The highest BCUT2D eigenvalue weighted by atomic mass is 16.6. The van der Waals surface area contributed by atoms with Crippen molar-refractivity contribution in [2.24, 2.45) is 0 Å². The lowest BCUT2D eigenvalue weighted by Gasteiger charge is -2.18. The molecule has 0 rings (SSSR count). The Morgan fingerprint density at radius 1 is 0.338 bits per heavy atom. The lowest BCUT2D eigenvalue weighted by molar-refractivity contribution is -0.167. The Kier molecular flexibility index (Phi) is 48.2. The molecule has 0 aromatic carbocycles. The second-order valence-corrected chi connectivity index (χ2v) is 16.1. The molecule has 0 aliphatic rings. The number of ether oxygens (including phenoxy) is 3. The van der Waals surface area contributed by atoms with Gasteiger partial charge in [0.2, 0.25) is 0 Å². The first kappa shape index (κ1) is 60.3. The van der Waals surface area contributed by atoms with Crippen LogP contribution in [0.4, 0.5) is 0 Å². The molecule has 1 atom stereocenters. The van der Waals surface area contributed by atoms with Crippen LogP contribution in [-0.4, -0.2) is 37.2 Å². The third-order valence-corrected chi connectivity index (χ3v) is 9.89. The summed E-state index contributed by atoms with van der Waals surface area (Å²) in [4.78, 5) is 37.9. The minimum absolute atomic E-state index is 0.144. The van der Waals surface area contributed by atoms with Crippen molar-refractivity contribution in [2.45, 2.75) is 194 Å². The quantitative estimate of drug-likeness (QED) is 0.0199. The van der Waals surface area contributed by atoms with Crippen LogP contribution in [0.1, 0.15) is 188 Å². The molecule has 65 heavy (non-hydrogen) atoms. The molecule has 1 unspecified atom stereocenters. The largest absolute Gasteiger partial charge is 0.462 e. The first-order chi connectivity index (χ1) is 32.0. The van der Waals surface area contributed by atoms with Crippen LogP contribution in [0, 0.1) is 0 Å². The van der Waals surface area contributed by atoms with Crippen molar-refractivity contribution < 1.29 is 28.6 Å². The monoisotopic (exact) mass is 895 g/mol. The number of allylic oxidation sites excluding steroid dienone is 24. The van der Waals surface area contributed by atoms with Crippen LogP contribution in [0.25, 0.3) is 0 Å². The average Bonchev–Trinajstić information content (AvgIpc) is 3.30. The zero-order valence-corrected chi connectivity index (χ0v) is 41.2. The number of esters is 3. The molecule has 0 aliphatic heterocycles. The van der Waals surface area contributed by atoms with Gasteiger partial charge in [-0.05, 0) is 116 Å². The maximum absolute atomic E-state index is 12.8. The molecule has 0 aromatic heterocycles. The summed E-state index contributed by atoms with van der Waals surface area (Å²) in [7, 11) is 0. The summed E-state index contributed by atoms with van der Waals surface area (Å²) >= 11 is 0. The van der Waals surface area contributed by atoms with Crippen LogP contribution in [0.3, 0.4) is 0 Å². The maximum Gasteiger partial charge on any atom is 0.306 e.